The normalized spacial score (nSPS) is 38.4. The van der Waals surface area contributed by atoms with Gasteiger partial charge in [-0.3, -0.25) is 9.59 Å². The topological polar surface area (TPSA) is 145 Å². The Morgan fingerprint density at radius 1 is 1.11 bits per heavy atom. The van der Waals surface area contributed by atoms with Crippen molar-refractivity contribution in [2.75, 3.05) is 0 Å². The minimum atomic E-state index is -2.55. The van der Waals surface area contributed by atoms with Crippen LogP contribution in [0.3, 0.4) is 0 Å². The molecule has 0 radical (unpaired) electrons. The van der Waals surface area contributed by atoms with Gasteiger partial charge in [0.15, 0.2) is 11.6 Å². The van der Waals surface area contributed by atoms with Crippen molar-refractivity contribution in [3.8, 4) is 0 Å². The number of ether oxygens (including phenoxy) is 1. The van der Waals surface area contributed by atoms with E-state index in [2.05, 4.69) is 0 Å². The monoisotopic (exact) mass is 500 g/mol. The summed E-state index contributed by atoms with van der Waals surface area (Å²) in [7, 11) is 0. The molecule has 8 nitrogen and oxygen atoms in total. The van der Waals surface area contributed by atoms with Crippen LogP contribution in [0.1, 0.15) is 60.8 Å². The molecule has 0 amide bonds. The van der Waals surface area contributed by atoms with Crippen LogP contribution >= 0.6 is 0 Å². The number of ketones is 2. The minimum Gasteiger partial charge on any atom is -0.511 e. The van der Waals surface area contributed by atoms with Gasteiger partial charge in [-0.05, 0) is 54.0 Å². The highest BCUT2D eigenvalue weighted by Crippen LogP contribution is 2.68. The standard InChI is InChI=1S/C28H36O8/c1-7-9-11-13-18(29)17-15-25(4,34)28(35)26(5,24(17)33)22-20(19(30)14-12-10-8-2)21(31)16(3)23(32)27(22,6)36-28/h7-10,12,14,22,30-31,33-35H,11,13,15H2,1-6H3/b9-7+,10-8+,14-12+,20-19+/t22-,25-,26?,27-,28?/m0/s1. The maximum absolute atomic E-state index is 13.5. The zero-order valence-electron chi connectivity index (χ0n) is 21.6. The highest BCUT2D eigenvalue weighted by molar-refractivity contribution is 6.05. The van der Waals surface area contributed by atoms with E-state index in [4.69, 9.17) is 4.74 Å². The van der Waals surface area contributed by atoms with E-state index >= 15 is 0 Å². The summed E-state index contributed by atoms with van der Waals surface area (Å²) in [6.45, 7) is 8.99. The molecule has 3 rings (SSSR count). The van der Waals surface area contributed by atoms with Gasteiger partial charge in [-0.1, -0.05) is 30.4 Å². The largest absolute Gasteiger partial charge is 0.511 e. The summed E-state index contributed by atoms with van der Waals surface area (Å²) in [5.74, 6) is -6.48. The van der Waals surface area contributed by atoms with Crippen LogP contribution in [0.4, 0.5) is 0 Å². The summed E-state index contributed by atoms with van der Waals surface area (Å²) >= 11 is 0. The SMILES string of the molecule is C/C=C/C=C/C(O)=C1/C(O)=C(C)C(=O)[C@@]2(C)OC3(O)C(C)(C(O)=C(C(=O)CC/C=C/C)C[C@]3(C)O)[C@H]12. The van der Waals surface area contributed by atoms with Crippen molar-refractivity contribution in [2.24, 2.45) is 11.3 Å². The van der Waals surface area contributed by atoms with Crippen LogP contribution in [-0.4, -0.2) is 54.1 Å². The fraction of sp³-hybridized carbons (Fsp3) is 0.500. The van der Waals surface area contributed by atoms with Crippen molar-refractivity contribution in [2.45, 2.75) is 77.8 Å². The second-order valence-corrected chi connectivity index (χ2v) is 10.3. The Hall–Kier alpha value is -2.94. The van der Waals surface area contributed by atoms with E-state index in [1.54, 1.807) is 31.2 Å². The molecule has 1 heterocycles. The molecule has 0 aromatic carbocycles. The van der Waals surface area contributed by atoms with Gasteiger partial charge in [0.1, 0.15) is 28.5 Å². The van der Waals surface area contributed by atoms with Crippen molar-refractivity contribution in [1.82, 2.24) is 0 Å². The molecule has 36 heavy (non-hydrogen) atoms. The maximum Gasteiger partial charge on any atom is 0.209 e. The van der Waals surface area contributed by atoms with Crippen LogP contribution < -0.4 is 0 Å². The van der Waals surface area contributed by atoms with Crippen LogP contribution in [-0.2, 0) is 14.3 Å². The summed E-state index contributed by atoms with van der Waals surface area (Å²) in [5.41, 5.74) is -6.32. The fourth-order valence-electron chi connectivity index (χ4n) is 5.99. The van der Waals surface area contributed by atoms with Crippen molar-refractivity contribution >= 4 is 11.6 Å². The predicted octanol–water partition coefficient (Wildman–Crippen LogP) is 4.34. The average molecular weight is 501 g/mol. The Morgan fingerprint density at radius 2 is 1.75 bits per heavy atom. The predicted molar refractivity (Wildman–Crippen MR) is 134 cm³/mol. The van der Waals surface area contributed by atoms with Gasteiger partial charge in [-0.2, -0.15) is 0 Å². The first-order valence-corrected chi connectivity index (χ1v) is 12.0. The molecule has 0 saturated carbocycles. The molecular formula is C28H36O8. The van der Waals surface area contributed by atoms with Gasteiger partial charge >= 0.3 is 0 Å². The zero-order valence-corrected chi connectivity index (χ0v) is 21.6. The summed E-state index contributed by atoms with van der Waals surface area (Å²) in [6, 6.07) is 0. The molecule has 0 bridgehead atoms. The van der Waals surface area contributed by atoms with Gasteiger partial charge in [0.2, 0.25) is 5.79 Å². The molecule has 0 aromatic heterocycles. The third-order valence-electron chi connectivity index (χ3n) is 7.86. The number of allylic oxidation sites excluding steroid dienone is 7. The summed E-state index contributed by atoms with van der Waals surface area (Å²) in [6.07, 6.45) is 9.84. The third-order valence-corrected chi connectivity index (χ3v) is 7.86. The van der Waals surface area contributed by atoms with Crippen LogP contribution in [0.2, 0.25) is 0 Å². The molecule has 1 fully saturated rings. The zero-order chi connectivity index (χ0) is 27.3. The number of carbonyl (C=O) groups is 2. The second-order valence-electron chi connectivity index (χ2n) is 10.3. The van der Waals surface area contributed by atoms with Gasteiger partial charge in [-0.15, -0.1) is 0 Å². The number of hydrogen-bond acceptors (Lipinski definition) is 8. The molecule has 5 N–H and O–H groups in total. The Balaban J connectivity index is 2.38. The van der Waals surface area contributed by atoms with Crippen molar-refractivity contribution in [1.29, 1.82) is 0 Å². The number of hydrogen-bond donors (Lipinski definition) is 5. The lowest BCUT2D eigenvalue weighted by Gasteiger charge is -2.51. The summed E-state index contributed by atoms with van der Waals surface area (Å²) < 4.78 is 6.01. The third kappa shape index (κ3) is 3.62. The number of carbonyl (C=O) groups excluding carboxylic acids is 2. The van der Waals surface area contributed by atoms with Crippen molar-refractivity contribution in [3.05, 3.63) is 70.5 Å². The number of aliphatic hydroxyl groups excluding tert-OH is 3. The summed E-state index contributed by atoms with van der Waals surface area (Å²) in [4.78, 5) is 26.6. The van der Waals surface area contributed by atoms with Crippen molar-refractivity contribution < 1.29 is 39.9 Å². The van der Waals surface area contributed by atoms with Crippen LogP contribution in [0.5, 0.6) is 0 Å². The number of Topliss-reactive ketones (excluding diaryl/α,β-unsaturated/α-hetero) is 2. The van der Waals surface area contributed by atoms with Gasteiger partial charge in [0.25, 0.3) is 0 Å². The van der Waals surface area contributed by atoms with E-state index < -0.39 is 63.6 Å². The smallest absolute Gasteiger partial charge is 0.209 e. The maximum atomic E-state index is 13.5. The molecule has 1 saturated heterocycles. The van der Waals surface area contributed by atoms with E-state index in [1.165, 1.54) is 39.8 Å². The molecule has 196 valence electrons. The molecule has 2 unspecified atom stereocenters. The quantitative estimate of drug-likeness (QED) is 0.206. The highest BCUT2D eigenvalue weighted by atomic mass is 16.7. The molecular weight excluding hydrogens is 464 g/mol. The first-order valence-electron chi connectivity index (χ1n) is 12.0. The van der Waals surface area contributed by atoms with Gasteiger partial charge in [0.05, 0.1) is 5.41 Å². The molecule has 1 aliphatic heterocycles. The Kier molecular flexibility index (Phi) is 7.05. The number of aliphatic hydroxyl groups is 5. The molecule has 8 heteroatoms. The molecule has 2 aliphatic carbocycles. The second kappa shape index (κ2) is 9.18. The van der Waals surface area contributed by atoms with Crippen LogP contribution in [0.25, 0.3) is 0 Å². The van der Waals surface area contributed by atoms with E-state index in [0.717, 1.165) is 0 Å². The lowest BCUT2D eigenvalue weighted by molar-refractivity contribution is -0.330. The fourth-order valence-corrected chi connectivity index (χ4v) is 5.99. The van der Waals surface area contributed by atoms with Gasteiger partial charge in [-0.25, -0.2) is 0 Å². The number of rotatable bonds is 6. The van der Waals surface area contributed by atoms with Gasteiger partial charge < -0.3 is 30.3 Å². The van der Waals surface area contributed by atoms with E-state index in [9.17, 15) is 35.1 Å². The van der Waals surface area contributed by atoms with E-state index in [-0.39, 0.29) is 23.1 Å². The van der Waals surface area contributed by atoms with Crippen molar-refractivity contribution in [3.63, 3.8) is 0 Å². The highest BCUT2D eigenvalue weighted by Gasteiger charge is 2.80. The lowest BCUT2D eigenvalue weighted by atomic mass is 9.54. The van der Waals surface area contributed by atoms with Gasteiger partial charge in [0, 0.05) is 35.5 Å². The molecule has 0 aromatic rings. The van der Waals surface area contributed by atoms with Crippen LogP contribution in [0.15, 0.2) is 70.5 Å². The Labute approximate surface area is 211 Å². The van der Waals surface area contributed by atoms with E-state index in [0.29, 0.717) is 6.42 Å². The first kappa shape index (κ1) is 27.6. The summed E-state index contributed by atoms with van der Waals surface area (Å²) in [5, 5.41) is 57.0. The molecule has 3 aliphatic rings. The van der Waals surface area contributed by atoms with E-state index in [1.807, 2.05) is 6.92 Å². The molecule has 5 atom stereocenters. The Bertz CT molecular complexity index is 1160. The number of fused-ring (bicyclic) bond motifs is 3. The lowest BCUT2D eigenvalue weighted by Crippen LogP contribution is -2.65. The minimum absolute atomic E-state index is 0.0559. The molecule has 0 spiro atoms. The first-order chi connectivity index (χ1) is 16.7. The van der Waals surface area contributed by atoms with Crippen LogP contribution in [0, 0.1) is 11.3 Å². The Morgan fingerprint density at radius 3 is 2.33 bits per heavy atom. The average Bonchev–Trinajstić information content (AvgIpc) is 3.01.